The van der Waals surface area contributed by atoms with Crippen molar-refractivity contribution >= 4 is 23.2 Å². The van der Waals surface area contributed by atoms with Crippen molar-refractivity contribution in [1.82, 2.24) is 5.32 Å². The zero-order valence-electron chi connectivity index (χ0n) is 13.1. The summed E-state index contributed by atoms with van der Waals surface area (Å²) in [6.45, 7) is 5.78. The quantitative estimate of drug-likeness (QED) is 0.626. The summed E-state index contributed by atoms with van der Waals surface area (Å²) < 4.78 is 0. The Morgan fingerprint density at radius 3 is 2.43 bits per heavy atom. The maximum Gasteiger partial charge on any atom is 0.238 e. The van der Waals surface area contributed by atoms with E-state index in [0.717, 1.165) is 24.6 Å². The molecule has 1 aromatic rings. The Morgan fingerprint density at radius 2 is 1.76 bits per heavy atom. The normalized spacial score (nSPS) is 10.9. The first-order valence-corrected chi connectivity index (χ1v) is 8.22. The van der Waals surface area contributed by atoms with E-state index in [9.17, 15) is 4.79 Å². The number of carbonyl (C=O) groups is 1. The minimum Gasteiger partial charge on any atom is -0.325 e. The third-order valence-corrected chi connectivity index (χ3v) is 3.55. The van der Waals surface area contributed by atoms with Crippen LogP contribution in [0, 0.1) is 5.92 Å². The summed E-state index contributed by atoms with van der Waals surface area (Å²) in [6, 6.07) is 7.13. The molecule has 1 rings (SSSR count). The molecule has 2 N–H and O–H groups in total. The van der Waals surface area contributed by atoms with E-state index in [1.54, 1.807) is 24.3 Å². The minimum atomic E-state index is -0.0165. The van der Waals surface area contributed by atoms with E-state index in [0.29, 0.717) is 11.6 Å². The Labute approximate surface area is 133 Å². The molecule has 4 heteroatoms. The molecule has 0 aliphatic carbocycles. The molecule has 0 radical (unpaired) electrons. The number of anilines is 1. The highest BCUT2D eigenvalue weighted by molar-refractivity contribution is 6.30. The van der Waals surface area contributed by atoms with E-state index in [1.165, 1.54) is 25.7 Å². The molecule has 0 saturated carbocycles. The van der Waals surface area contributed by atoms with Gasteiger partial charge >= 0.3 is 0 Å². The van der Waals surface area contributed by atoms with E-state index in [1.807, 2.05) is 0 Å². The van der Waals surface area contributed by atoms with Crippen LogP contribution in [0.1, 0.15) is 46.0 Å². The molecule has 1 amide bonds. The van der Waals surface area contributed by atoms with Gasteiger partial charge in [-0.05, 0) is 43.1 Å². The summed E-state index contributed by atoms with van der Waals surface area (Å²) >= 11 is 5.79. The van der Waals surface area contributed by atoms with Crippen LogP contribution in [-0.4, -0.2) is 19.0 Å². The Hall–Kier alpha value is -1.06. The van der Waals surface area contributed by atoms with Crippen molar-refractivity contribution in [1.29, 1.82) is 0 Å². The van der Waals surface area contributed by atoms with Gasteiger partial charge in [-0.3, -0.25) is 4.79 Å². The Morgan fingerprint density at radius 1 is 1.10 bits per heavy atom. The fourth-order valence-electron chi connectivity index (χ4n) is 2.10. The molecule has 0 aliphatic heterocycles. The van der Waals surface area contributed by atoms with Gasteiger partial charge in [0, 0.05) is 10.7 Å². The molecular weight excluding hydrogens is 284 g/mol. The number of hydrogen-bond donors (Lipinski definition) is 2. The van der Waals surface area contributed by atoms with Crippen molar-refractivity contribution in [2.24, 2.45) is 5.92 Å². The fourth-order valence-corrected chi connectivity index (χ4v) is 2.22. The first kappa shape index (κ1) is 18.0. The first-order chi connectivity index (χ1) is 10.1. The van der Waals surface area contributed by atoms with Crippen molar-refractivity contribution in [2.45, 2.75) is 46.0 Å². The highest BCUT2D eigenvalue weighted by Gasteiger charge is 2.01. The monoisotopic (exact) mass is 310 g/mol. The SMILES string of the molecule is CC(C)CCCCCCNCC(=O)Nc1ccc(Cl)cc1. The van der Waals surface area contributed by atoms with Crippen molar-refractivity contribution in [3.8, 4) is 0 Å². The molecule has 0 fully saturated rings. The van der Waals surface area contributed by atoms with Crippen LogP contribution >= 0.6 is 11.6 Å². The lowest BCUT2D eigenvalue weighted by molar-refractivity contribution is -0.115. The van der Waals surface area contributed by atoms with Crippen molar-refractivity contribution in [3.05, 3.63) is 29.3 Å². The second kappa shape index (κ2) is 10.6. The van der Waals surface area contributed by atoms with E-state index in [-0.39, 0.29) is 5.91 Å². The third kappa shape index (κ3) is 9.48. The van der Waals surface area contributed by atoms with E-state index >= 15 is 0 Å². The van der Waals surface area contributed by atoms with Gasteiger partial charge in [0.2, 0.25) is 5.91 Å². The highest BCUT2D eigenvalue weighted by atomic mass is 35.5. The second-order valence-corrected chi connectivity index (χ2v) is 6.27. The van der Waals surface area contributed by atoms with Crippen LogP contribution in [0.3, 0.4) is 0 Å². The van der Waals surface area contributed by atoms with Crippen LogP contribution in [-0.2, 0) is 4.79 Å². The van der Waals surface area contributed by atoms with E-state index in [4.69, 9.17) is 11.6 Å². The number of carbonyl (C=O) groups excluding carboxylic acids is 1. The van der Waals surface area contributed by atoms with Gasteiger partial charge in [0.25, 0.3) is 0 Å². The predicted octanol–water partition coefficient (Wildman–Crippen LogP) is 4.47. The average molecular weight is 311 g/mol. The van der Waals surface area contributed by atoms with Crippen molar-refractivity contribution in [3.63, 3.8) is 0 Å². The van der Waals surface area contributed by atoms with Gasteiger partial charge in [-0.2, -0.15) is 0 Å². The molecule has 0 bridgehead atoms. The maximum absolute atomic E-state index is 11.7. The molecule has 1 aromatic carbocycles. The van der Waals surface area contributed by atoms with Crippen LogP contribution in [0.15, 0.2) is 24.3 Å². The van der Waals surface area contributed by atoms with Gasteiger partial charge < -0.3 is 10.6 Å². The first-order valence-electron chi connectivity index (χ1n) is 7.84. The minimum absolute atomic E-state index is 0.0165. The fraction of sp³-hybridized carbons (Fsp3) is 0.588. The summed E-state index contributed by atoms with van der Waals surface area (Å²) in [5, 5.41) is 6.68. The second-order valence-electron chi connectivity index (χ2n) is 5.83. The van der Waals surface area contributed by atoms with Crippen LogP contribution in [0.2, 0.25) is 5.02 Å². The van der Waals surface area contributed by atoms with Gasteiger partial charge in [-0.1, -0.05) is 51.1 Å². The molecule has 21 heavy (non-hydrogen) atoms. The average Bonchev–Trinajstić information content (AvgIpc) is 2.44. The predicted molar refractivity (Wildman–Crippen MR) is 90.9 cm³/mol. The molecular formula is C17H27ClN2O. The number of unbranched alkanes of at least 4 members (excludes halogenated alkanes) is 3. The summed E-state index contributed by atoms with van der Waals surface area (Å²) in [5.74, 6) is 0.789. The number of hydrogen-bond acceptors (Lipinski definition) is 2. The molecule has 0 aliphatic rings. The molecule has 0 unspecified atom stereocenters. The molecule has 3 nitrogen and oxygen atoms in total. The molecule has 0 aromatic heterocycles. The Bertz CT molecular complexity index is 404. The van der Waals surface area contributed by atoms with Crippen molar-refractivity contribution in [2.75, 3.05) is 18.4 Å². The zero-order valence-corrected chi connectivity index (χ0v) is 13.9. The summed E-state index contributed by atoms with van der Waals surface area (Å²) in [7, 11) is 0. The van der Waals surface area contributed by atoms with E-state index in [2.05, 4.69) is 24.5 Å². The summed E-state index contributed by atoms with van der Waals surface area (Å²) in [6.07, 6.45) is 6.29. The molecule has 0 heterocycles. The van der Waals surface area contributed by atoms with Crippen molar-refractivity contribution < 1.29 is 4.79 Å². The van der Waals surface area contributed by atoms with Gasteiger partial charge in [-0.15, -0.1) is 0 Å². The van der Waals surface area contributed by atoms with Crippen LogP contribution < -0.4 is 10.6 Å². The summed E-state index contributed by atoms with van der Waals surface area (Å²) in [5.41, 5.74) is 0.778. The van der Waals surface area contributed by atoms with Gasteiger partial charge in [-0.25, -0.2) is 0 Å². The molecule has 0 saturated heterocycles. The molecule has 118 valence electrons. The Kier molecular flexibility index (Phi) is 9.11. The highest BCUT2D eigenvalue weighted by Crippen LogP contribution is 2.13. The molecule has 0 spiro atoms. The number of rotatable bonds is 10. The maximum atomic E-state index is 11.7. The lowest BCUT2D eigenvalue weighted by atomic mass is 10.0. The lowest BCUT2D eigenvalue weighted by Crippen LogP contribution is -2.28. The number of nitrogens with one attached hydrogen (secondary N) is 2. The molecule has 0 atom stereocenters. The smallest absolute Gasteiger partial charge is 0.238 e. The largest absolute Gasteiger partial charge is 0.325 e. The summed E-state index contributed by atoms with van der Waals surface area (Å²) in [4.78, 5) is 11.7. The van der Waals surface area contributed by atoms with Gasteiger partial charge in [0.15, 0.2) is 0 Å². The van der Waals surface area contributed by atoms with Gasteiger partial charge in [0.05, 0.1) is 6.54 Å². The number of halogens is 1. The third-order valence-electron chi connectivity index (χ3n) is 3.30. The van der Waals surface area contributed by atoms with Crippen LogP contribution in [0.25, 0.3) is 0 Å². The van der Waals surface area contributed by atoms with E-state index < -0.39 is 0 Å². The topological polar surface area (TPSA) is 41.1 Å². The number of benzene rings is 1. The Balaban J connectivity index is 2.00. The standard InChI is InChI=1S/C17H27ClN2O/c1-14(2)7-5-3-4-6-12-19-13-17(21)20-16-10-8-15(18)9-11-16/h8-11,14,19H,3-7,12-13H2,1-2H3,(H,20,21). The number of amides is 1. The van der Waals surface area contributed by atoms with Crippen LogP contribution in [0.5, 0.6) is 0 Å². The van der Waals surface area contributed by atoms with Gasteiger partial charge in [0.1, 0.15) is 0 Å². The lowest BCUT2D eigenvalue weighted by Gasteiger charge is -2.07. The van der Waals surface area contributed by atoms with Crippen LogP contribution in [0.4, 0.5) is 5.69 Å². The zero-order chi connectivity index (χ0) is 15.5.